The molecule has 1 aliphatic rings. The van der Waals surface area contributed by atoms with Gasteiger partial charge in [-0.05, 0) is 0 Å². The number of nitrogens with two attached hydrogens (primary N) is 2. The highest BCUT2D eigenvalue weighted by atomic mass is 19.3. The Morgan fingerprint density at radius 2 is 1.44 bits per heavy atom. The molecular weight excluding hydrogens is 126 g/mol. The summed E-state index contributed by atoms with van der Waals surface area (Å²) in [6, 6.07) is -1.03. The lowest BCUT2D eigenvalue weighted by Gasteiger charge is -2.04. The van der Waals surface area contributed by atoms with Gasteiger partial charge in [0.2, 0.25) is 0 Å². The van der Waals surface area contributed by atoms with E-state index in [1.807, 2.05) is 0 Å². The fourth-order valence-corrected chi connectivity index (χ4v) is 1.08. The van der Waals surface area contributed by atoms with Gasteiger partial charge in [0.25, 0.3) is 5.92 Å². The first-order chi connectivity index (χ1) is 4.01. The molecule has 0 saturated heterocycles. The molecule has 0 heterocycles. The first-order valence-electron chi connectivity index (χ1n) is 2.90. The molecule has 0 aliphatic heterocycles. The maximum absolute atomic E-state index is 12.3. The molecular formula is C5H10F2N2. The summed E-state index contributed by atoms with van der Waals surface area (Å²) in [7, 11) is 0. The number of hydrogen-bond donors (Lipinski definition) is 2. The Bertz CT molecular complexity index is 104. The van der Waals surface area contributed by atoms with Crippen molar-refractivity contribution in [2.24, 2.45) is 11.5 Å². The van der Waals surface area contributed by atoms with E-state index in [9.17, 15) is 8.78 Å². The van der Waals surface area contributed by atoms with Crippen molar-refractivity contribution in [1.29, 1.82) is 0 Å². The van der Waals surface area contributed by atoms with E-state index in [0.29, 0.717) is 0 Å². The van der Waals surface area contributed by atoms with Crippen molar-refractivity contribution in [2.75, 3.05) is 0 Å². The van der Waals surface area contributed by atoms with Crippen molar-refractivity contribution in [1.82, 2.24) is 0 Å². The van der Waals surface area contributed by atoms with Crippen molar-refractivity contribution >= 4 is 0 Å². The Morgan fingerprint density at radius 3 is 1.56 bits per heavy atom. The van der Waals surface area contributed by atoms with E-state index in [2.05, 4.69) is 0 Å². The molecule has 0 bridgehead atoms. The van der Waals surface area contributed by atoms with E-state index < -0.39 is 18.0 Å². The Kier molecular flexibility index (Phi) is 1.44. The topological polar surface area (TPSA) is 52.0 Å². The van der Waals surface area contributed by atoms with Crippen LogP contribution in [0, 0.1) is 0 Å². The minimum absolute atomic E-state index is 0.256. The first-order valence-corrected chi connectivity index (χ1v) is 2.90. The second-order valence-corrected chi connectivity index (χ2v) is 2.59. The lowest BCUT2D eigenvalue weighted by molar-refractivity contribution is 0.00693. The summed E-state index contributed by atoms with van der Waals surface area (Å²) < 4.78 is 24.6. The summed E-state index contributed by atoms with van der Waals surface area (Å²) in [5.74, 6) is -2.61. The Morgan fingerprint density at radius 1 is 1.11 bits per heavy atom. The molecule has 1 fully saturated rings. The predicted molar refractivity (Wildman–Crippen MR) is 30.1 cm³/mol. The molecule has 1 rings (SSSR count). The van der Waals surface area contributed by atoms with E-state index >= 15 is 0 Å². The molecule has 0 aromatic rings. The van der Waals surface area contributed by atoms with Crippen molar-refractivity contribution in [3.63, 3.8) is 0 Å². The molecule has 0 radical (unpaired) electrons. The van der Waals surface area contributed by atoms with Crippen LogP contribution in [0.2, 0.25) is 0 Å². The van der Waals surface area contributed by atoms with Crippen LogP contribution in [0.1, 0.15) is 12.8 Å². The molecule has 9 heavy (non-hydrogen) atoms. The number of halogens is 2. The van der Waals surface area contributed by atoms with Gasteiger partial charge in [-0.1, -0.05) is 0 Å². The number of alkyl halides is 2. The molecule has 0 aromatic carbocycles. The second kappa shape index (κ2) is 1.88. The maximum Gasteiger partial charge on any atom is 0.251 e. The molecule has 1 aliphatic carbocycles. The number of rotatable bonds is 0. The third kappa shape index (κ3) is 1.37. The molecule has 0 aromatic heterocycles. The Labute approximate surface area is 52.2 Å². The third-order valence-electron chi connectivity index (χ3n) is 1.62. The zero-order valence-electron chi connectivity index (χ0n) is 4.98. The van der Waals surface area contributed by atoms with Crippen LogP contribution < -0.4 is 11.5 Å². The number of hydrogen-bond acceptors (Lipinski definition) is 2. The molecule has 1 saturated carbocycles. The predicted octanol–water partition coefficient (Wildman–Crippen LogP) is 0.0701. The van der Waals surface area contributed by atoms with Crippen LogP contribution in [0.25, 0.3) is 0 Å². The van der Waals surface area contributed by atoms with Gasteiger partial charge < -0.3 is 11.5 Å². The highest BCUT2D eigenvalue weighted by Crippen LogP contribution is 2.32. The van der Waals surface area contributed by atoms with Crippen molar-refractivity contribution in [3.8, 4) is 0 Å². The van der Waals surface area contributed by atoms with Gasteiger partial charge in [0, 0.05) is 24.9 Å². The second-order valence-electron chi connectivity index (χ2n) is 2.59. The van der Waals surface area contributed by atoms with E-state index in [-0.39, 0.29) is 12.8 Å². The highest BCUT2D eigenvalue weighted by Gasteiger charge is 2.42. The minimum atomic E-state index is -2.61. The zero-order chi connectivity index (χ0) is 7.07. The van der Waals surface area contributed by atoms with Crippen LogP contribution in [-0.2, 0) is 0 Å². The molecule has 0 unspecified atom stereocenters. The fraction of sp³-hybridized carbons (Fsp3) is 1.00. The van der Waals surface area contributed by atoms with Crippen molar-refractivity contribution < 1.29 is 8.78 Å². The molecule has 4 N–H and O–H groups in total. The van der Waals surface area contributed by atoms with Gasteiger partial charge in [-0.15, -0.1) is 0 Å². The Balaban J connectivity index is 2.54. The quantitative estimate of drug-likeness (QED) is 0.495. The standard InChI is InChI=1S/C5H10F2N2/c6-5(7)1-3(8)4(9)2-5/h3-4H,1-2,8-9H2/t3-,4+. The molecule has 2 atom stereocenters. The molecule has 4 heteroatoms. The summed E-state index contributed by atoms with van der Waals surface area (Å²) in [6.45, 7) is 0. The van der Waals surface area contributed by atoms with Crippen LogP contribution in [0.5, 0.6) is 0 Å². The molecule has 0 spiro atoms. The van der Waals surface area contributed by atoms with Gasteiger partial charge in [0.1, 0.15) is 0 Å². The minimum Gasteiger partial charge on any atom is -0.326 e. The SMILES string of the molecule is N[C@@H]1CC(F)(F)C[C@@H]1N. The third-order valence-corrected chi connectivity index (χ3v) is 1.62. The summed E-state index contributed by atoms with van der Waals surface area (Å²) >= 11 is 0. The van der Waals surface area contributed by atoms with Crippen molar-refractivity contribution in [2.45, 2.75) is 30.8 Å². The van der Waals surface area contributed by atoms with Gasteiger partial charge in [-0.3, -0.25) is 0 Å². The van der Waals surface area contributed by atoms with Gasteiger partial charge >= 0.3 is 0 Å². The van der Waals surface area contributed by atoms with Gasteiger partial charge in [0.05, 0.1) is 0 Å². The molecule has 2 nitrogen and oxygen atoms in total. The normalized spacial score (nSPS) is 41.3. The average Bonchev–Trinajstić information content (AvgIpc) is 1.79. The van der Waals surface area contributed by atoms with Crippen LogP contribution in [0.4, 0.5) is 8.78 Å². The van der Waals surface area contributed by atoms with Gasteiger partial charge in [-0.25, -0.2) is 8.78 Å². The lowest BCUT2D eigenvalue weighted by atomic mass is 10.2. The van der Waals surface area contributed by atoms with Crippen LogP contribution in [0.3, 0.4) is 0 Å². The van der Waals surface area contributed by atoms with Crippen molar-refractivity contribution in [3.05, 3.63) is 0 Å². The summed E-state index contributed by atoms with van der Waals surface area (Å²) in [6.07, 6.45) is -0.512. The van der Waals surface area contributed by atoms with Crippen LogP contribution in [0.15, 0.2) is 0 Å². The average molecular weight is 136 g/mol. The monoisotopic (exact) mass is 136 g/mol. The highest BCUT2D eigenvalue weighted by molar-refractivity contribution is 4.93. The summed E-state index contributed by atoms with van der Waals surface area (Å²) in [4.78, 5) is 0. The maximum atomic E-state index is 12.3. The molecule has 0 amide bonds. The van der Waals surface area contributed by atoms with E-state index in [1.165, 1.54) is 0 Å². The van der Waals surface area contributed by atoms with E-state index in [1.54, 1.807) is 0 Å². The largest absolute Gasteiger partial charge is 0.326 e. The molecule has 54 valence electrons. The summed E-state index contributed by atoms with van der Waals surface area (Å²) in [5, 5.41) is 0. The van der Waals surface area contributed by atoms with Gasteiger partial charge in [0.15, 0.2) is 0 Å². The van der Waals surface area contributed by atoms with E-state index in [0.717, 1.165) is 0 Å². The zero-order valence-corrected chi connectivity index (χ0v) is 4.98. The summed E-state index contributed by atoms with van der Waals surface area (Å²) in [5.41, 5.74) is 10.5. The van der Waals surface area contributed by atoms with Crippen LogP contribution in [-0.4, -0.2) is 18.0 Å². The lowest BCUT2D eigenvalue weighted by Crippen LogP contribution is -2.35. The fourth-order valence-electron chi connectivity index (χ4n) is 1.08. The Hall–Kier alpha value is -0.220. The van der Waals surface area contributed by atoms with Gasteiger partial charge in [-0.2, -0.15) is 0 Å². The smallest absolute Gasteiger partial charge is 0.251 e. The first kappa shape index (κ1) is 6.89. The van der Waals surface area contributed by atoms with E-state index in [4.69, 9.17) is 11.5 Å². The van der Waals surface area contributed by atoms with Crippen LogP contribution >= 0.6 is 0 Å².